The third-order valence-corrected chi connectivity index (χ3v) is 3.86. The van der Waals surface area contributed by atoms with E-state index in [1.165, 1.54) is 24.5 Å². The number of benzene rings is 1. The molecule has 1 aliphatic heterocycles. The second-order valence-electron chi connectivity index (χ2n) is 5.13. The van der Waals surface area contributed by atoms with Crippen LogP contribution in [-0.4, -0.2) is 33.4 Å². The Bertz CT molecular complexity index is 664. The predicted octanol–water partition coefficient (Wildman–Crippen LogP) is 2.33. The Balaban J connectivity index is 1.99. The number of alkyl halides is 2. The predicted molar refractivity (Wildman–Crippen MR) is 75.0 cm³/mol. The fraction of sp³-hybridized carbons (Fsp3) is 0.250. The van der Waals surface area contributed by atoms with Gasteiger partial charge >= 0.3 is 5.92 Å². The molecule has 1 aromatic carbocycles. The van der Waals surface area contributed by atoms with Crippen LogP contribution >= 0.6 is 0 Å². The van der Waals surface area contributed by atoms with Gasteiger partial charge in [-0.25, -0.2) is 0 Å². The SMILES string of the molecule is O=C1N([C@@H](CO)c2ccccc2)[C@@H](c2ccncc2)C1(F)F. The smallest absolute Gasteiger partial charge is 0.348 e. The summed E-state index contributed by atoms with van der Waals surface area (Å²) < 4.78 is 28.1. The lowest BCUT2D eigenvalue weighted by atomic mass is 9.86. The van der Waals surface area contributed by atoms with Crippen molar-refractivity contribution in [3.05, 3.63) is 66.0 Å². The van der Waals surface area contributed by atoms with Crippen LogP contribution in [0.1, 0.15) is 23.2 Å². The van der Waals surface area contributed by atoms with Gasteiger partial charge in [0.25, 0.3) is 5.91 Å². The lowest BCUT2D eigenvalue weighted by Gasteiger charge is -2.50. The Morgan fingerprint density at radius 3 is 2.41 bits per heavy atom. The van der Waals surface area contributed by atoms with Gasteiger partial charge in [0.05, 0.1) is 12.6 Å². The second-order valence-corrected chi connectivity index (χ2v) is 5.13. The molecule has 2 aromatic rings. The quantitative estimate of drug-likeness (QED) is 0.882. The molecule has 0 bridgehead atoms. The molecule has 1 amide bonds. The fourth-order valence-corrected chi connectivity index (χ4v) is 2.78. The van der Waals surface area contributed by atoms with Crippen molar-refractivity contribution in [1.82, 2.24) is 9.88 Å². The van der Waals surface area contributed by atoms with Crippen molar-refractivity contribution >= 4 is 5.91 Å². The van der Waals surface area contributed by atoms with E-state index in [0.29, 0.717) is 11.1 Å². The van der Waals surface area contributed by atoms with E-state index in [0.717, 1.165) is 4.90 Å². The topological polar surface area (TPSA) is 53.4 Å². The number of pyridine rings is 1. The average Bonchev–Trinajstić information content (AvgIpc) is 2.56. The van der Waals surface area contributed by atoms with E-state index in [1.54, 1.807) is 30.3 Å². The minimum atomic E-state index is -3.47. The molecule has 1 aliphatic rings. The normalized spacial score (nSPS) is 21.3. The van der Waals surface area contributed by atoms with Crippen LogP contribution in [0, 0.1) is 0 Å². The highest BCUT2D eigenvalue weighted by Crippen LogP contribution is 2.51. The molecule has 0 saturated carbocycles. The molecule has 0 spiro atoms. The van der Waals surface area contributed by atoms with Crippen LogP contribution < -0.4 is 0 Å². The van der Waals surface area contributed by atoms with Crippen molar-refractivity contribution in [3.8, 4) is 0 Å². The van der Waals surface area contributed by atoms with Gasteiger partial charge in [0, 0.05) is 12.4 Å². The number of β-lactam (4-membered cyclic amide) rings is 1. The zero-order chi connectivity index (χ0) is 15.7. The molecular formula is C16H14F2N2O2. The lowest BCUT2D eigenvalue weighted by Crippen LogP contribution is -2.64. The first-order valence-electron chi connectivity index (χ1n) is 6.83. The summed E-state index contributed by atoms with van der Waals surface area (Å²) in [6.45, 7) is -0.423. The molecular weight excluding hydrogens is 290 g/mol. The zero-order valence-electron chi connectivity index (χ0n) is 11.6. The number of aliphatic hydroxyl groups excluding tert-OH is 1. The van der Waals surface area contributed by atoms with Crippen LogP contribution in [0.3, 0.4) is 0 Å². The Kier molecular flexibility index (Phi) is 3.62. The molecule has 0 aliphatic carbocycles. The summed E-state index contributed by atoms with van der Waals surface area (Å²) in [6, 6.07) is 9.39. The first-order chi connectivity index (χ1) is 10.6. The van der Waals surface area contributed by atoms with Crippen LogP contribution in [0.5, 0.6) is 0 Å². The molecule has 6 heteroatoms. The number of amides is 1. The standard InChI is InChI=1S/C16H14F2N2O2/c17-16(18)14(12-6-8-19-9-7-12)20(15(16)22)13(10-21)11-4-2-1-3-5-11/h1-9,13-14,21H,10H2/t13-,14-/m0/s1. The summed E-state index contributed by atoms with van der Waals surface area (Å²) >= 11 is 0. The molecule has 4 nitrogen and oxygen atoms in total. The third kappa shape index (κ3) is 2.16. The largest absolute Gasteiger partial charge is 0.394 e. The molecule has 2 atom stereocenters. The van der Waals surface area contributed by atoms with Crippen LogP contribution in [0.4, 0.5) is 8.78 Å². The van der Waals surface area contributed by atoms with Crippen molar-refractivity contribution in [2.24, 2.45) is 0 Å². The minimum absolute atomic E-state index is 0.300. The van der Waals surface area contributed by atoms with E-state index < -0.39 is 30.5 Å². The van der Waals surface area contributed by atoms with Crippen molar-refractivity contribution in [1.29, 1.82) is 0 Å². The Hall–Kier alpha value is -2.34. The molecule has 1 N–H and O–H groups in total. The van der Waals surface area contributed by atoms with E-state index >= 15 is 0 Å². The number of aliphatic hydroxyl groups is 1. The first kappa shape index (κ1) is 14.6. The molecule has 114 valence electrons. The average molecular weight is 304 g/mol. The summed E-state index contributed by atoms with van der Waals surface area (Å²) in [6.07, 6.45) is 2.81. The van der Waals surface area contributed by atoms with Gasteiger partial charge in [0.2, 0.25) is 0 Å². The minimum Gasteiger partial charge on any atom is -0.394 e. The summed E-state index contributed by atoms with van der Waals surface area (Å²) in [5.41, 5.74) is 0.918. The van der Waals surface area contributed by atoms with Crippen LogP contribution in [0.25, 0.3) is 0 Å². The van der Waals surface area contributed by atoms with Gasteiger partial charge in [-0.1, -0.05) is 30.3 Å². The van der Waals surface area contributed by atoms with E-state index in [-0.39, 0.29) is 0 Å². The monoisotopic (exact) mass is 304 g/mol. The highest BCUT2D eigenvalue weighted by Gasteiger charge is 2.65. The number of likely N-dealkylation sites (tertiary alicyclic amines) is 1. The molecule has 0 radical (unpaired) electrons. The first-order valence-corrected chi connectivity index (χ1v) is 6.83. The number of rotatable bonds is 4. The lowest BCUT2D eigenvalue weighted by molar-refractivity contribution is -0.215. The second kappa shape index (κ2) is 5.46. The summed E-state index contributed by atoms with van der Waals surface area (Å²) in [7, 11) is 0. The molecule has 2 heterocycles. The maximum atomic E-state index is 14.1. The highest BCUT2D eigenvalue weighted by molar-refractivity contribution is 5.92. The van der Waals surface area contributed by atoms with E-state index in [4.69, 9.17) is 0 Å². The van der Waals surface area contributed by atoms with Gasteiger partial charge in [0.15, 0.2) is 0 Å². The molecule has 0 unspecified atom stereocenters. The number of halogens is 2. The molecule has 1 saturated heterocycles. The summed E-state index contributed by atoms with van der Waals surface area (Å²) in [5.74, 6) is -4.74. The van der Waals surface area contributed by atoms with Gasteiger partial charge in [0.1, 0.15) is 6.04 Å². The van der Waals surface area contributed by atoms with E-state index in [9.17, 15) is 18.7 Å². The number of carbonyl (C=O) groups excluding carboxylic acids is 1. The maximum Gasteiger partial charge on any atom is 0.348 e. The third-order valence-electron chi connectivity index (χ3n) is 3.86. The number of carbonyl (C=O) groups is 1. The number of hydrogen-bond acceptors (Lipinski definition) is 3. The van der Waals surface area contributed by atoms with Gasteiger partial charge in [-0.2, -0.15) is 8.78 Å². The highest BCUT2D eigenvalue weighted by atomic mass is 19.3. The van der Waals surface area contributed by atoms with Gasteiger partial charge in [-0.15, -0.1) is 0 Å². The van der Waals surface area contributed by atoms with Crippen molar-refractivity contribution in [3.63, 3.8) is 0 Å². The fourth-order valence-electron chi connectivity index (χ4n) is 2.78. The maximum absolute atomic E-state index is 14.1. The zero-order valence-corrected chi connectivity index (χ0v) is 11.6. The van der Waals surface area contributed by atoms with Crippen molar-refractivity contribution in [2.75, 3.05) is 6.61 Å². The Morgan fingerprint density at radius 1 is 1.18 bits per heavy atom. The summed E-state index contributed by atoms with van der Waals surface area (Å²) in [5, 5.41) is 9.62. The number of aromatic nitrogens is 1. The van der Waals surface area contributed by atoms with Crippen molar-refractivity contribution in [2.45, 2.75) is 18.0 Å². The summed E-state index contributed by atoms with van der Waals surface area (Å²) in [4.78, 5) is 16.7. The number of hydrogen-bond donors (Lipinski definition) is 1. The number of nitrogens with zero attached hydrogens (tertiary/aromatic N) is 2. The van der Waals surface area contributed by atoms with Gasteiger partial charge in [-0.3, -0.25) is 9.78 Å². The Labute approximate surface area is 126 Å². The molecule has 3 rings (SSSR count). The van der Waals surface area contributed by atoms with E-state index in [2.05, 4.69) is 4.98 Å². The van der Waals surface area contributed by atoms with Gasteiger partial charge in [-0.05, 0) is 23.3 Å². The van der Waals surface area contributed by atoms with Crippen molar-refractivity contribution < 1.29 is 18.7 Å². The molecule has 1 fully saturated rings. The molecule has 1 aromatic heterocycles. The van der Waals surface area contributed by atoms with Gasteiger partial charge < -0.3 is 10.0 Å². The van der Waals surface area contributed by atoms with Crippen LogP contribution in [0.15, 0.2) is 54.9 Å². The van der Waals surface area contributed by atoms with Crippen LogP contribution in [0.2, 0.25) is 0 Å². The molecule has 22 heavy (non-hydrogen) atoms. The van der Waals surface area contributed by atoms with E-state index in [1.807, 2.05) is 0 Å². The Morgan fingerprint density at radius 2 is 1.82 bits per heavy atom. The van der Waals surface area contributed by atoms with Crippen LogP contribution in [-0.2, 0) is 4.79 Å².